The fourth-order valence-corrected chi connectivity index (χ4v) is 4.52. The summed E-state index contributed by atoms with van der Waals surface area (Å²) < 4.78 is 10.7. The van der Waals surface area contributed by atoms with E-state index >= 15 is 0 Å². The van der Waals surface area contributed by atoms with Gasteiger partial charge in [-0.2, -0.15) is 0 Å². The molecule has 8 heteroatoms. The second-order valence-electron chi connectivity index (χ2n) is 9.43. The van der Waals surface area contributed by atoms with Crippen LogP contribution in [0.2, 0.25) is 0 Å². The van der Waals surface area contributed by atoms with Crippen LogP contribution in [0.5, 0.6) is 0 Å². The fourth-order valence-electron chi connectivity index (χ4n) is 4.52. The minimum atomic E-state index is -1.03. The Morgan fingerprint density at radius 3 is 1.40 bits per heavy atom. The Kier molecular flexibility index (Phi) is 10.7. The monoisotopic (exact) mass is 568 g/mol. The SMILES string of the molecule is O=C(O)c1ccc(C(=C(c2ccc(C(=O)O)cc2)c2ccc(C(O)COCCOCCO)cc2)c2ccccc2)cc1. The van der Waals surface area contributed by atoms with E-state index < -0.39 is 18.0 Å². The van der Waals surface area contributed by atoms with Crippen molar-refractivity contribution in [3.05, 3.63) is 142 Å². The smallest absolute Gasteiger partial charge is 0.335 e. The molecule has 4 rings (SSSR count). The zero-order valence-corrected chi connectivity index (χ0v) is 22.8. The summed E-state index contributed by atoms with van der Waals surface area (Å²) in [5, 5.41) is 38.3. The van der Waals surface area contributed by atoms with E-state index in [0.29, 0.717) is 12.2 Å². The Morgan fingerprint density at radius 1 is 0.548 bits per heavy atom. The van der Waals surface area contributed by atoms with Crippen molar-refractivity contribution in [3.8, 4) is 0 Å². The normalized spacial score (nSPS) is 12.4. The Morgan fingerprint density at radius 2 is 0.952 bits per heavy atom. The molecule has 1 unspecified atom stereocenters. The van der Waals surface area contributed by atoms with E-state index in [1.54, 1.807) is 48.5 Å². The number of carbonyl (C=O) groups is 2. The highest BCUT2D eigenvalue weighted by atomic mass is 16.5. The Hall–Kier alpha value is -4.60. The van der Waals surface area contributed by atoms with E-state index in [1.165, 1.54) is 0 Å². The number of benzene rings is 4. The summed E-state index contributed by atoms with van der Waals surface area (Å²) in [7, 11) is 0. The molecule has 0 aromatic heterocycles. The summed E-state index contributed by atoms with van der Waals surface area (Å²) in [5.74, 6) is -2.05. The third-order valence-electron chi connectivity index (χ3n) is 6.62. The first-order valence-electron chi connectivity index (χ1n) is 13.4. The molecule has 0 fully saturated rings. The van der Waals surface area contributed by atoms with Crippen LogP contribution in [-0.2, 0) is 9.47 Å². The maximum atomic E-state index is 11.5. The highest BCUT2D eigenvalue weighted by Crippen LogP contribution is 2.37. The van der Waals surface area contributed by atoms with E-state index in [9.17, 15) is 24.9 Å². The molecule has 4 aromatic rings. The van der Waals surface area contributed by atoms with Gasteiger partial charge in [0.05, 0.1) is 44.2 Å². The van der Waals surface area contributed by atoms with Crippen molar-refractivity contribution in [2.75, 3.05) is 33.0 Å². The minimum absolute atomic E-state index is 0.0608. The van der Waals surface area contributed by atoms with Gasteiger partial charge in [0, 0.05) is 0 Å². The van der Waals surface area contributed by atoms with E-state index in [1.807, 2.05) is 54.6 Å². The van der Waals surface area contributed by atoms with Crippen LogP contribution in [0.4, 0.5) is 0 Å². The number of aliphatic hydroxyl groups excluding tert-OH is 2. The van der Waals surface area contributed by atoms with Crippen molar-refractivity contribution < 1.29 is 39.5 Å². The first-order valence-corrected chi connectivity index (χ1v) is 13.4. The lowest BCUT2D eigenvalue weighted by Gasteiger charge is -2.19. The Bertz CT molecular complexity index is 1490. The molecule has 0 heterocycles. The molecule has 42 heavy (non-hydrogen) atoms. The number of carboxylic acid groups (broad SMARTS) is 2. The van der Waals surface area contributed by atoms with Gasteiger partial charge in [0.1, 0.15) is 6.10 Å². The third kappa shape index (κ3) is 7.78. The number of aliphatic hydroxyl groups is 2. The van der Waals surface area contributed by atoms with Crippen LogP contribution in [0.15, 0.2) is 103 Å². The lowest BCUT2D eigenvalue weighted by molar-refractivity contribution is -0.00264. The predicted octanol–water partition coefficient (Wildman–Crippen LogP) is 5.15. The molecule has 0 spiro atoms. The van der Waals surface area contributed by atoms with Gasteiger partial charge in [-0.3, -0.25) is 0 Å². The second-order valence-corrected chi connectivity index (χ2v) is 9.43. The maximum Gasteiger partial charge on any atom is 0.335 e. The molecule has 8 nitrogen and oxygen atoms in total. The van der Waals surface area contributed by atoms with Gasteiger partial charge in [-0.25, -0.2) is 9.59 Å². The molecule has 0 saturated carbocycles. The summed E-state index contributed by atoms with van der Waals surface area (Å²) in [6.07, 6.45) is -0.865. The maximum absolute atomic E-state index is 11.5. The van der Waals surface area contributed by atoms with Crippen molar-refractivity contribution in [2.45, 2.75) is 6.10 Å². The third-order valence-corrected chi connectivity index (χ3v) is 6.62. The molecular formula is C34H32O8. The number of ether oxygens (including phenoxy) is 2. The van der Waals surface area contributed by atoms with E-state index in [2.05, 4.69) is 0 Å². The van der Waals surface area contributed by atoms with E-state index in [0.717, 1.165) is 33.4 Å². The molecule has 216 valence electrons. The molecule has 0 saturated heterocycles. The number of hydrogen-bond donors (Lipinski definition) is 4. The predicted molar refractivity (Wildman–Crippen MR) is 158 cm³/mol. The fraction of sp³-hybridized carbons (Fsp3) is 0.176. The zero-order chi connectivity index (χ0) is 29.9. The Labute approximate surface area is 243 Å². The molecule has 4 N–H and O–H groups in total. The van der Waals surface area contributed by atoms with Crippen LogP contribution >= 0.6 is 0 Å². The second kappa shape index (κ2) is 14.9. The highest BCUT2D eigenvalue weighted by Gasteiger charge is 2.18. The molecule has 0 aliphatic rings. The number of aromatic carboxylic acids is 2. The molecular weight excluding hydrogens is 536 g/mol. The van der Waals surface area contributed by atoms with Crippen LogP contribution in [0.1, 0.15) is 54.6 Å². The molecule has 0 bridgehead atoms. The van der Waals surface area contributed by atoms with Crippen LogP contribution < -0.4 is 0 Å². The van der Waals surface area contributed by atoms with Gasteiger partial charge in [0.25, 0.3) is 0 Å². The number of carboxylic acids is 2. The molecule has 0 amide bonds. The first-order chi connectivity index (χ1) is 20.4. The van der Waals surface area contributed by atoms with Crippen molar-refractivity contribution >= 4 is 23.1 Å². The first kappa shape index (κ1) is 30.4. The van der Waals surface area contributed by atoms with Crippen LogP contribution in [0, 0.1) is 0 Å². The van der Waals surface area contributed by atoms with Crippen molar-refractivity contribution in [1.82, 2.24) is 0 Å². The van der Waals surface area contributed by atoms with Gasteiger partial charge >= 0.3 is 11.9 Å². The van der Waals surface area contributed by atoms with Crippen LogP contribution in [0.3, 0.4) is 0 Å². The standard InChI is InChI=1S/C34H32O8/c35-18-19-41-20-21-42-22-30(36)23-6-8-25(9-7-23)32(27-12-16-29(17-13-27)34(39)40)31(24-4-2-1-3-5-24)26-10-14-28(15-11-26)33(37)38/h1-17,30,35-36H,18-22H2,(H,37,38)(H,39,40). The van der Waals surface area contributed by atoms with Crippen molar-refractivity contribution in [1.29, 1.82) is 0 Å². The van der Waals surface area contributed by atoms with Gasteiger partial charge in [-0.15, -0.1) is 0 Å². The average Bonchev–Trinajstić information content (AvgIpc) is 3.02. The lowest BCUT2D eigenvalue weighted by atomic mass is 9.85. The number of rotatable bonds is 14. The summed E-state index contributed by atoms with van der Waals surface area (Å²) in [5.41, 5.74) is 5.86. The molecule has 4 aromatic carbocycles. The largest absolute Gasteiger partial charge is 0.478 e. The molecule has 0 aliphatic carbocycles. The van der Waals surface area contributed by atoms with Gasteiger partial charge in [-0.1, -0.05) is 78.9 Å². The molecule has 1 atom stereocenters. The van der Waals surface area contributed by atoms with Gasteiger partial charge in [0.15, 0.2) is 0 Å². The van der Waals surface area contributed by atoms with Gasteiger partial charge in [0.2, 0.25) is 0 Å². The molecule has 0 radical (unpaired) electrons. The van der Waals surface area contributed by atoms with Crippen molar-refractivity contribution in [3.63, 3.8) is 0 Å². The lowest BCUT2D eigenvalue weighted by Crippen LogP contribution is -2.12. The quantitative estimate of drug-likeness (QED) is 0.121. The summed E-state index contributed by atoms with van der Waals surface area (Å²) in [6, 6.07) is 30.3. The van der Waals surface area contributed by atoms with Crippen molar-refractivity contribution in [2.24, 2.45) is 0 Å². The van der Waals surface area contributed by atoms with E-state index in [-0.39, 0.29) is 37.6 Å². The summed E-state index contributed by atoms with van der Waals surface area (Å²) in [6.45, 7) is 0.851. The minimum Gasteiger partial charge on any atom is -0.478 e. The van der Waals surface area contributed by atoms with Crippen LogP contribution in [0.25, 0.3) is 11.1 Å². The van der Waals surface area contributed by atoms with E-state index in [4.69, 9.17) is 14.6 Å². The van der Waals surface area contributed by atoms with Gasteiger partial charge in [-0.05, 0) is 63.2 Å². The summed E-state index contributed by atoms with van der Waals surface area (Å²) >= 11 is 0. The summed E-state index contributed by atoms with van der Waals surface area (Å²) in [4.78, 5) is 23.1. The molecule has 0 aliphatic heterocycles. The average molecular weight is 569 g/mol. The topological polar surface area (TPSA) is 134 Å². The van der Waals surface area contributed by atoms with Gasteiger partial charge < -0.3 is 29.9 Å². The van der Waals surface area contributed by atoms with Crippen LogP contribution in [-0.4, -0.2) is 65.4 Å². The Balaban J connectivity index is 1.78. The highest BCUT2D eigenvalue weighted by molar-refractivity contribution is 6.05. The number of hydrogen-bond acceptors (Lipinski definition) is 6. The zero-order valence-electron chi connectivity index (χ0n) is 22.8.